The molecule has 0 atom stereocenters. The van der Waals surface area contributed by atoms with Gasteiger partial charge in [0.05, 0.1) is 22.1 Å². The fourth-order valence-corrected chi connectivity index (χ4v) is 2.62. The van der Waals surface area contributed by atoms with E-state index in [4.69, 9.17) is 23.2 Å². The van der Waals surface area contributed by atoms with Crippen LogP contribution >= 0.6 is 23.2 Å². The molecule has 0 bridgehead atoms. The molecule has 1 N–H and O–H groups in total. The number of hydrogen-bond donors (Lipinski definition) is 1. The minimum atomic E-state index is -1.05. The second-order valence-electron chi connectivity index (χ2n) is 4.54. The van der Waals surface area contributed by atoms with Crippen molar-refractivity contribution in [1.82, 2.24) is 9.78 Å². The number of fused-ring (bicyclic) bond motifs is 1. The normalized spacial score (nSPS) is 11.0. The summed E-state index contributed by atoms with van der Waals surface area (Å²) in [6, 6.07) is 12.5. The van der Waals surface area contributed by atoms with Crippen molar-refractivity contribution >= 4 is 40.1 Å². The van der Waals surface area contributed by atoms with Gasteiger partial charge >= 0.3 is 5.97 Å². The standard InChI is InChI=1S/C15H10Cl2N2O2/c16-11-6-3-4-9(13(11)17)8-19-12-7-2-1-5-10(12)14(18-19)15(20)21/h1-7H,8H2,(H,20,21). The Morgan fingerprint density at radius 2 is 1.90 bits per heavy atom. The van der Waals surface area contributed by atoms with E-state index in [1.54, 1.807) is 28.9 Å². The molecule has 0 saturated carbocycles. The van der Waals surface area contributed by atoms with Crippen molar-refractivity contribution in [3.05, 3.63) is 63.8 Å². The number of carbonyl (C=O) groups is 1. The highest BCUT2D eigenvalue weighted by molar-refractivity contribution is 6.42. The molecule has 1 heterocycles. The number of carboxylic acids is 1. The van der Waals surface area contributed by atoms with Crippen molar-refractivity contribution in [3.63, 3.8) is 0 Å². The highest BCUT2D eigenvalue weighted by Crippen LogP contribution is 2.27. The molecule has 0 saturated heterocycles. The summed E-state index contributed by atoms with van der Waals surface area (Å²) in [6.07, 6.45) is 0. The molecule has 0 aliphatic heterocycles. The van der Waals surface area contributed by atoms with Crippen molar-refractivity contribution in [2.75, 3.05) is 0 Å². The van der Waals surface area contributed by atoms with Crippen molar-refractivity contribution in [2.45, 2.75) is 6.54 Å². The van der Waals surface area contributed by atoms with Crippen LogP contribution in [0.4, 0.5) is 0 Å². The molecule has 2 aromatic carbocycles. The fourth-order valence-electron chi connectivity index (χ4n) is 2.24. The summed E-state index contributed by atoms with van der Waals surface area (Å²) in [5.74, 6) is -1.05. The topological polar surface area (TPSA) is 55.1 Å². The number of rotatable bonds is 3. The largest absolute Gasteiger partial charge is 0.476 e. The van der Waals surface area contributed by atoms with Gasteiger partial charge in [0, 0.05) is 5.39 Å². The van der Waals surface area contributed by atoms with Gasteiger partial charge in [0.2, 0.25) is 0 Å². The first-order valence-electron chi connectivity index (χ1n) is 6.19. The van der Waals surface area contributed by atoms with Crippen LogP contribution in [-0.2, 0) is 6.54 Å². The maximum Gasteiger partial charge on any atom is 0.357 e. The summed E-state index contributed by atoms with van der Waals surface area (Å²) in [7, 11) is 0. The van der Waals surface area contributed by atoms with Gasteiger partial charge < -0.3 is 5.11 Å². The molecule has 0 fully saturated rings. The maximum atomic E-state index is 11.3. The number of aromatic carboxylic acids is 1. The highest BCUT2D eigenvalue weighted by atomic mass is 35.5. The number of carboxylic acid groups (broad SMARTS) is 1. The lowest BCUT2D eigenvalue weighted by atomic mass is 10.2. The third-order valence-electron chi connectivity index (χ3n) is 3.21. The number of hydrogen-bond acceptors (Lipinski definition) is 2. The summed E-state index contributed by atoms with van der Waals surface area (Å²) in [5, 5.41) is 14.9. The Bertz CT molecular complexity index is 843. The van der Waals surface area contributed by atoms with Gasteiger partial charge in [-0.25, -0.2) is 4.79 Å². The van der Waals surface area contributed by atoms with E-state index in [9.17, 15) is 9.90 Å². The first-order chi connectivity index (χ1) is 10.1. The molecule has 0 amide bonds. The van der Waals surface area contributed by atoms with Gasteiger partial charge in [0.1, 0.15) is 0 Å². The van der Waals surface area contributed by atoms with E-state index in [-0.39, 0.29) is 5.69 Å². The van der Waals surface area contributed by atoms with E-state index in [1.807, 2.05) is 18.2 Å². The Morgan fingerprint density at radius 1 is 1.14 bits per heavy atom. The molecular formula is C15H10Cl2N2O2. The third-order valence-corrected chi connectivity index (χ3v) is 4.07. The van der Waals surface area contributed by atoms with Gasteiger partial charge in [0.25, 0.3) is 0 Å². The second-order valence-corrected chi connectivity index (χ2v) is 5.33. The zero-order valence-corrected chi connectivity index (χ0v) is 12.3. The molecule has 0 aliphatic rings. The minimum absolute atomic E-state index is 0.0313. The van der Waals surface area contributed by atoms with Gasteiger partial charge in [-0.2, -0.15) is 5.10 Å². The first-order valence-corrected chi connectivity index (χ1v) is 6.95. The minimum Gasteiger partial charge on any atom is -0.476 e. The summed E-state index contributed by atoms with van der Waals surface area (Å²) in [6.45, 7) is 0.354. The van der Waals surface area contributed by atoms with Crippen LogP contribution in [-0.4, -0.2) is 20.9 Å². The molecule has 4 nitrogen and oxygen atoms in total. The summed E-state index contributed by atoms with van der Waals surface area (Å²) < 4.78 is 1.62. The van der Waals surface area contributed by atoms with Crippen LogP contribution in [0.2, 0.25) is 10.0 Å². The average molecular weight is 321 g/mol. The molecule has 106 valence electrons. The van der Waals surface area contributed by atoms with Crippen molar-refractivity contribution in [1.29, 1.82) is 0 Å². The molecule has 0 unspecified atom stereocenters. The van der Waals surface area contributed by atoms with E-state index < -0.39 is 5.97 Å². The van der Waals surface area contributed by atoms with Crippen molar-refractivity contribution in [3.8, 4) is 0 Å². The van der Waals surface area contributed by atoms with Gasteiger partial charge in [-0.3, -0.25) is 4.68 Å². The van der Waals surface area contributed by atoms with Gasteiger partial charge in [-0.15, -0.1) is 0 Å². The average Bonchev–Trinajstić information content (AvgIpc) is 2.83. The van der Waals surface area contributed by atoms with Crippen molar-refractivity contribution in [2.24, 2.45) is 0 Å². The molecule has 6 heteroatoms. The number of nitrogens with zero attached hydrogens (tertiary/aromatic N) is 2. The molecule has 1 aromatic heterocycles. The number of halogens is 2. The van der Waals surface area contributed by atoms with E-state index in [0.29, 0.717) is 22.0 Å². The SMILES string of the molecule is O=C(O)c1nn(Cc2cccc(Cl)c2Cl)c2ccccc12. The second kappa shape index (κ2) is 5.39. The molecule has 3 rings (SSSR count). The first kappa shape index (κ1) is 13.9. The molecular weight excluding hydrogens is 311 g/mol. The Kier molecular flexibility index (Phi) is 3.57. The summed E-state index contributed by atoms with van der Waals surface area (Å²) >= 11 is 12.2. The summed E-state index contributed by atoms with van der Waals surface area (Å²) in [5.41, 5.74) is 1.56. The van der Waals surface area contributed by atoms with Gasteiger partial charge in [-0.1, -0.05) is 53.5 Å². The Balaban J connectivity index is 2.13. The van der Waals surface area contributed by atoms with E-state index >= 15 is 0 Å². The fraction of sp³-hybridized carbons (Fsp3) is 0.0667. The molecule has 3 aromatic rings. The quantitative estimate of drug-likeness (QED) is 0.790. The molecule has 0 radical (unpaired) electrons. The van der Waals surface area contributed by atoms with Crippen LogP contribution in [0.3, 0.4) is 0 Å². The summed E-state index contributed by atoms with van der Waals surface area (Å²) in [4.78, 5) is 11.3. The van der Waals surface area contributed by atoms with Crippen LogP contribution < -0.4 is 0 Å². The Labute approximate surface area is 130 Å². The van der Waals surface area contributed by atoms with Crippen LogP contribution in [0.25, 0.3) is 10.9 Å². The Morgan fingerprint density at radius 3 is 2.67 bits per heavy atom. The van der Waals surface area contributed by atoms with Crippen LogP contribution in [0, 0.1) is 0 Å². The zero-order chi connectivity index (χ0) is 15.0. The Hall–Kier alpha value is -2.04. The molecule has 0 aliphatic carbocycles. The number of aromatic nitrogens is 2. The lowest BCUT2D eigenvalue weighted by Crippen LogP contribution is -2.05. The monoisotopic (exact) mass is 320 g/mol. The lowest BCUT2D eigenvalue weighted by molar-refractivity contribution is 0.0691. The van der Waals surface area contributed by atoms with Crippen molar-refractivity contribution < 1.29 is 9.90 Å². The predicted octanol–water partition coefficient (Wildman–Crippen LogP) is 4.09. The lowest BCUT2D eigenvalue weighted by Gasteiger charge is -2.07. The van der Waals surface area contributed by atoms with Gasteiger partial charge in [0.15, 0.2) is 5.69 Å². The molecule has 21 heavy (non-hydrogen) atoms. The zero-order valence-electron chi connectivity index (χ0n) is 10.8. The third kappa shape index (κ3) is 2.48. The molecule has 0 spiro atoms. The predicted molar refractivity (Wildman–Crippen MR) is 82.3 cm³/mol. The number of para-hydroxylation sites is 1. The smallest absolute Gasteiger partial charge is 0.357 e. The van der Waals surface area contributed by atoms with Gasteiger partial charge in [-0.05, 0) is 17.7 Å². The van der Waals surface area contributed by atoms with Crippen LogP contribution in [0.5, 0.6) is 0 Å². The maximum absolute atomic E-state index is 11.3. The van der Waals surface area contributed by atoms with E-state index in [1.165, 1.54) is 0 Å². The van der Waals surface area contributed by atoms with E-state index in [2.05, 4.69) is 5.10 Å². The van der Waals surface area contributed by atoms with Crippen LogP contribution in [0.15, 0.2) is 42.5 Å². The number of benzene rings is 2. The highest BCUT2D eigenvalue weighted by Gasteiger charge is 2.16. The van der Waals surface area contributed by atoms with E-state index in [0.717, 1.165) is 11.1 Å². The van der Waals surface area contributed by atoms with Crippen LogP contribution in [0.1, 0.15) is 16.1 Å².